The highest BCUT2D eigenvalue weighted by molar-refractivity contribution is 5.94. The topological polar surface area (TPSA) is 77.0 Å². The van der Waals surface area contributed by atoms with Crippen LogP contribution in [0.5, 0.6) is 5.75 Å². The molecular formula is C30H51NO5. The summed E-state index contributed by atoms with van der Waals surface area (Å²) in [6.07, 6.45) is 19.1. The van der Waals surface area contributed by atoms with E-state index in [0.717, 1.165) is 31.4 Å². The van der Waals surface area contributed by atoms with Crippen LogP contribution in [-0.2, 0) is 9.47 Å². The smallest absolute Gasteiger partial charge is 0.251 e. The van der Waals surface area contributed by atoms with Gasteiger partial charge in [0.1, 0.15) is 12.5 Å². The molecule has 2 atom stereocenters. The van der Waals surface area contributed by atoms with E-state index in [1.807, 2.05) is 13.0 Å². The van der Waals surface area contributed by atoms with Gasteiger partial charge < -0.3 is 24.6 Å². The van der Waals surface area contributed by atoms with Gasteiger partial charge in [-0.25, -0.2) is 0 Å². The van der Waals surface area contributed by atoms with Crippen LogP contribution in [0, 0.1) is 0 Å². The van der Waals surface area contributed by atoms with Crippen molar-refractivity contribution in [2.75, 3.05) is 27.1 Å². The maximum Gasteiger partial charge on any atom is 0.251 e. The molecule has 2 N–H and O–H groups in total. The van der Waals surface area contributed by atoms with Gasteiger partial charge in [-0.3, -0.25) is 4.79 Å². The van der Waals surface area contributed by atoms with Gasteiger partial charge >= 0.3 is 0 Å². The predicted molar refractivity (Wildman–Crippen MR) is 148 cm³/mol. The van der Waals surface area contributed by atoms with Crippen molar-refractivity contribution in [1.29, 1.82) is 0 Å². The number of amides is 1. The summed E-state index contributed by atoms with van der Waals surface area (Å²) in [5.74, 6) is 0.527. The number of unbranched alkanes of at least 4 members (excludes halogenated alkanes) is 11. The molecule has 0 unspecified atom stereocenters. The van der Waals surface area contributed by atoms with E-state index in [9.17, 15) is 9.90 Å². The van der Waals surface area contributed by atoms with Gasteiger partial charge in [-0.2, -0.15) is 0 Å². The Morgan fingerprint density at radius 2 is 1.53 bits per heavy atom. The number of nitrogens with one attached hydrogen (secondary N) is 1. The Morgan fingerprint density at radius 3 is 2.17 bits per heavy atom. The van der Waals surface area contributed by atoms with Crippen LogP contribution in [0.1, 0.15) is 108 Å². The van der Waals surface area contributed by atoms with Gasteiger partial charge in [0, 0.05) is 19.3 Å². The molecule has 0 aromatic heterocycles. The monoisotopic (exact) mass is 505 g/mol. The molecule has 6 nitrogen and oxygen atoms in total. The second-order valence-corrected chi connectivity index (χ2v) is 9.55. The SMILES string of the molecule is CCCCCCCCCCCC/C=C/[C@@H](O)[C@@H](C)NC(=O)c1ccc(OCCCCOCOC)cc1. The number of ether oxygens (including phenoxy) is 3. The molecule has 0 aliphatic heterocycles. The highest BCUT2D eigenvalue weighted by Crippen LogP contribution is 2.14. The van der Waals surface area contributed by atoms with Crippen LogP contribution in [0.25, 0.3) is 0 Å². The molecular weight excluding hydrogens is 454 g/mol. The first kappa shape index (κ1) is 32.1. The number of hydrogen-bond acceptors (Lipinski definition) is 5. The summed E-state index contributed by atoms with van der Waals surface area (Å²) in [4.78, 5) is 12.5. The molecule has 0 fully saturated rings. The molecule has 0 radical (unpaired) electrons. The summed E-state index contributed by atoms with van der Waals surface area (Å²) in [7, 11) is 1.60. The van der Waals surface area contributed by atoms with Crippen molar-refractivity contribution < 1.29 is 24.1 Å². The van der Waals surface area contributed by atoms with Crippen molar-refractivity contribution in [3.05, 3.63) is 42.0 Å². The second kappa shape index (κ2) is 22.3. The lowest BCUT2D eigenvalue weighted by atomic mass is 10.1. The van der Waals surface area contributed by atoms with Gasteiger partial charge in [0.25, 0.3) is 5.91 Å². The first-order valence-electron chi connectivity index (χ1n) is 14.0. The van der Waals surface area contributed by atoms with E-state index < -0.39 is 6.10 Å². The average Bonchev–Trinajstić information content (AvgIpc) is 2.89. The number of aliphatic hydroxyl groups excluding tert-OH is 1. The van der Waals surface area contributed by atoms with Crippen molar-refractivity contribution in [3.8, 4) is 5.75 Å². The number of hydrogen-bond donors (Lipinski definition) is 2. The van der Waals surface area contributed by atoms with Crippen LogP contribution in [0.15, 0.2) is 36.4 Å². The molecule has 0 saturated heterocycles. The van der Waals surface area contributed by atoms with Crippen molar-refractivity contribution in [2.24, 2.45) is 0 Å². The third-order valence-corrected chi connectivity index (χ3v) is 6.20. The van der Waals surface area contributed by atoms with Gasteiger partial charge in [0.2, 0.25) is 0 Å². The van der Waals surface area contributed by atoms with E-state index in [2.05, 4.69) is 12.2 Å². The number of rotatable bonds is 23. The second-order valence-electron chi connectivity index (χ2n) is 9.55. The summed E-state index contributed by atoms with van der Waals surface area (Å²) in [6, 6.07) is 6.71. The van der Waals surface area contributed by atoms with Gasteiger partial charge in [0.05, 0.1) is 18.8 Å². The lowest BCUT2D eigenvalue weighted by Gasteiger charge is -2.17. The number of carbonyl (C=O) groups is 1. The minimum Gasteiger partial charge on any atom is -0.494 e. The Hall–Kier alpha value is -1.89. The third-order valence-electron chi connectivity index (χ3n) is 6.20. The molecule has 0 spiro atoms. The Kier molecular flexibility index (Phi) is 19.9. The zero-order chi connectivity index (χ0) is 26.3. The summed E-state index contributed by atoms with van der Waals surface area (Å²) in [6.45, 7) is 5.63. The predicted octanol–water partition coefficient (Wildman–Crippen LogP) is 6.81. The Morgan fingerprint density at radius 1 is 0.917 bits per heavy atom. The zero-order valence-electron chi connectivity index (χ0n) is 23.0. The van der Waals surface area contributed by atoms with Crippen LogP contribution >= 0.6 is 0 Å². The van der Waals surface area contributed by atoms with Crippen molar-refractivity contribution in [3.63, 3.8) is 0 Å². The van der Waals surface area contributed by atoms with Crippen LogP contribution in [0.2, 0.25) is 0 Å². The van der Waals surface area contributed by atoms with Gasteiger partial charge in [-0.05, 0) is 56.9 Å². The quantitative estimate of drug-likeness (QED) is 0.0970. The van der Waals surface area contributed by atoms with Gasteiger partial charge in [-0.1, -0.05) is 76.9 Å². The normalized spacial score (nSPS) is 13.1. The van der Waals surface area contributed by atoms with Crippen molar-refractivity contribution >= 4 is 5.91 Å². The first-order chi connectivity index (χ1) is 17.6. The Labute approximate surface area is 219 Å². The maximum absolute atomic E-state index is 12.5. The highest BCUT2D eigenvalue weighted by Gasteiger charge is 2.15. The minimum absolute atomic E-state index is 0.202. The van der Waals surface area contributed by atoms with E-state index in [1.54, 1.807) is 37.5 Å². The van der Waals surface area contributed by atoms with Crippen LogP contribution in [0.4, 0.5) is 0 Å². The molecule has 0 bridgehead atoms. The molecule has 6 heteroatoms. The van der Waals surface area contributed by atoms with Crippen molar-refractivity contribution in [2.45, 2.75) is 109 Å². The summed E-state index contributed by atoms with van der Waals surface area (Å²) < 4.78 is 15.8. The molecule has 206 valence electrons. The first-order valence-corrected chi connectivity index (χ1v) is 14.0. The molecule has 0 heterocycles. The maximum atomic E-state index is 12.5. The van der Waals surface area contributed by atoms with E-state index >= 15 is 0 Å². The fraction of sp³-hybridized carbons (Fsp3) is 0.700. The van der Waals surface area contributed by atoms with E-state index in [-0.39, 0.29) is 11.9 Å². The van der Waals surface area contributed by atoms with Crippen molar-refractivity contribution in [1.82, 2.24) is 5.32 Å². The average molecular weight is 506 g/mol. The van der Waals surface area contributed by atoms with E-state index in [0.29, 0.717) is 25.6 Å². The highest BCUT2D eigenvalue weighted by atomic mass is 16.7. The lowest BCUT2D eigenvalue weighted by Crippen LogP contribution is -2.40. The Bertz CT molecular complexity index is 676. The van der Waals surface area contributed by atoms with Gasteiger partial charge in [0.15, 0.2) is 0 Å². The fourth-order valence-electron chi connectivity index (χ4n) is 3.87. The largest absolute Gasteiger partial charge is 0.494 e. The number of carbonyl (C=O) groups excluding carboxylic acids is 1. The minimum atomic E-state index is -0.701. The molecule has 1 aromatic rings. The number of methoxy groups -OCH3 is 1. The number of benzene rings is 1. The van der Waals surface area contributed by atoms with Crippen LogP contribution < -0.4 is 10.1 Å². The lowest BCUT2D eigenvalue weighted by molar-refractivity contribution is -0.0320. The Balaban J connectivity index is 2.15. The van der Waals surface area contributed by atoms with E-state index in [4.69, 9.17) is 14.2 Å². The zero-order valence-corrected chi connectivity index (χ0v) is 23.0. The summed E-state index contributed by atoms with van der Waals surface area (Å²) >= 11 is 0. The molecule has 1 rings (SSSR count). The van der Waals surface area contributed by atoms with Gasteiger partial charge in [-0.15, -0.1) is 0 Å². The molecule has 1 amide bonds. The molecule has 0 saturated carbocycles. The number of allylic oxidation sites excluding steroid dienone is 1. The summed E-state index contributed by atoms with van der Waals surface area (Å²) in [5, 5.41) is 13.3. The molecule has 1 aromatic carbocycles. The van der Waals surface area contributed by atoms with Crippen LogP contribution in [-0.4, -0.2) is 50.3 Å². The number of aliphatic hydroxyl groups is 1. The standard InChI is InChI=1S/C30H51NO5/c1-4-5-6-7-8-9-10-11-12-13-14-15-18-29(32)26(2)31-30(33)27-19-21-28(22-20-27)36-24-17-16-23-35-25-34-3/h15,18-22,26,29,32H,4-14,16-17,23-25H2,1-3H3,(H,31,33)/b18-15+/t26-,29-/m1/s1. The molecule has 0 aliphatic carbocycles. The van der Waals surface area contributed by atoms with Crippen LogP contribution in [0.3, 0.4) is 0 Å². The fourth-order valence-corrected chi connectivity index (χ4v) is 3.87. The molecule has 0 aliphatic rings. The summed E-state index contributed by atoms with van der Waals surface area (Å²) in [5.41, 5.74) is 0.545. The van der Waals surface area contributed by atoms with E-state index in [1.165, 1.54) is 57.8 Å². The molecule has 36 heavy (non-hydrogen) atoms. The third kappa shape index (κ3) is 16.7.